The Kier molecular flexibility index (Phi) is 3.21. The van der Waals surface area contributed by atoms with E-state index >= 15 is 0 Å². The molecule has 0 aromatic heterocycles. The van der Waals surface area contributed by atoms with Gasteiger partial charge in [0, 0.05) is 18.8 Å². The molecule has 1 aromatic carbocycles. The highest BCUT2D eigenvalue weighted by Crippen LogP contribution is 2.25. The minimum Gasteiger partial charge on any atom is -0.480 e. The van der Waals surface area contributed by atoms with Crippen molar-refractivity contribution in [2.75, 3.05) is 18.0 Å². The molecule has 1 aliphatic heterocycles. The van der Waals surface area contributed by atoms with Gasteiger partial charge in [-0.05, 0) is 37.1 Å². The molecule has 0 bridgehead atoms. The van der Waals surface area contributed by atoms with E-state index in [1.54, 1.807) is 12.1 Å². The Morgan fingerprint density at radius 2 is 1.89 bits per heavy atom. The highest BCUT2D eigenvalue weighted by atomic mass is 16.4. The van der Waals surface area contributed by atoms with Gasteiger partial charge in [0.1, 0.15) is 5.54 Å². The molecule has 94 valence electrons. The van der Waals surface area contributed by atoms with Crippen LogP contribution in [0.3, 0.4) is 0 Å². The van der Waals surface area contributed by atoms with Gasteiger partial charge in [-0.15, -0.1) is 0 Å². The number of carboxylic acid groups (broad SMARTS) is 1. The van der Waals surface area contributed by atoms with Gasteiger partial charge in [0.15, 0.2) is 0 Å². The van der Waals surface area contributed by atoms with E-state index in [9.17, 15) is 4.79 Å². The monoisotopic (exact) mass is 245 g/mol. The van der Waals surface area contributed by atoms with Gasteiger partial charge < -0.3 is 15.7 Å². The van der Waals surface area contributed by atoms with E-state index in [-0.39, 0.29) is 0 Å². The zero-order chi connectivity index (χ0) is 13.2. The SMILES string of the molecule is N#Cc1ccc(N2CCC(N)(C(=O)O)CC2)cc1. The zero-order valence-corrected chi connectivity index (χ0v) is 9.97. The summed E-state index contributed by atoms with van der Waals surface area (Å²) in [6.07, 6.45) is 0.866. The smallest absolute Gasteiger partial charge is 0.323 e. The Bertz CT molecular complexity index is 482. The number of hydrogen-bond acceptors (Lipinski definition) is 4. The van der Waals surface area contributed by atoms with Gasteiger partial charge in [-0.3, -0.25) is 4.79 Å². The molecule has 2 rings (SSSR count). The minimum absolute atomic E-state index is 0.433. The van der Waals surface area contributed by atoms with Crippen LogP contribution in [0.25, 0.3) is 0 Å². The quantitative estimate of drug-likeness (QED) is 0.809. The number of rotatable bonds is 2. The number of piperidine rings is 1. The second-order valence-electron chi connectivity index (χ2n) is 4.61. The molecule has 3 N–H and O–H groups in total. The number of nitrogens with two attached hydrogens (primary N) is 1. The Balaban J connectivity index is 2.05. The second kappa shape index (κ2) is 4.67. The number of aliphatic carboxylic acids is 1. The first-order chi connectivity index (χ1) is 8.55. The maximum atomic E-state index is 11.0. The topological polar surface area (TPSA) is 90.4 Å². The molecule has 0 saturated carbocycles. The Hall–Kier alpha value is -2.06. The van der Waals surface area contributed by atoms with E-state index in [4.69, 9.17) is 16.1 Å². The fraction of sp³-hybridized carbons (Fsp3) is 0.385. The highest BCUT2D eigenvalue weighted by molar-refractivity contribution is 5.79. The van der Waals surface area contributed by atoms with Crippen LogP contribution in [0.4, 0.5) is 5.69 Å². The molecule has 1 aromatic rings. The molecular formula is C13H15N3O2. The normalized spacial score (nSPS) is 18.1. The lowest BCUT2D eigenvalue weighted by Gasteiger charge is -2.37. The van der Waals surface area contributed by atoms with Crippen LogP contribution < -0.4 is 10.6 Å². The number of hydrogen-bond donors (Lipinski definition) is 2. The molecule has 0 unspecified atom stereocenters. The van der Waals surface area contributed by atoms with Crippen molar-refractivity contribution in [3.05, 3.63) is 29.8 Å². The van der Waals surface area contributed by atoms with Crippen molar-refractivity contribution < 1.29 is 9.90 Å². The zero-order valence-electron chi connectivity index (χ0n) is 9.97. The average Bonchev–Trinajstić information content (AvgIpc) is 2.40. The van der Waals surface area contributed by atoms with E-state index in [0.717, 1.165) is 5.69 Å². The predicted molar refractivity (Wildman–Crippen MR) is 67.2 cm³/mol. The van der Waals surface area contributed by atoms with E-state index in [1.807, 2.05) is 12.1 Å². The summed E-state index contributed by atoms with van der Waals surface area (Å²) < 4.78 is 0. The molecular weight excluding hydrogens is 230 g/mol. The first-order valence-electron chi connectivity index (χ1n) is 5.82. The maximum absolute atomic E-state index is 11.0. The summed E-state index contributed by atoms with van der Waals surface area (Å²) >= 11 is 0. The van der Waals surface area contributed by atoms with E-state index in [1.165, 1.54) is 0 Å². The molecule has 0 spiro atoms. The van der Waals surface area contributed by atoms with Gasteiger partial charge in [0.05, 0.1) is 11.6 Å². The average molecular weight is 245 g/mol. The Labute approximate surface area is 105 Å². The molecule has 5 nitrogen and oxygen atoms in total. The molecule has 1 fully saturated rings. The van der Waals surface area contributed by atoms with Crippen molar-refractivity contribution in [3.63, 3.8) is 0 Å². The molecule has 1 heterocycles. The van der Waals surface area contributed by atoms with Crippen molar-refractivity contribution in [1.82, 2.24) is 0 Å². The fourth-order valence-corrected chi connectivity index (χ4v) is 2.12. The minimum atomic E-state index is -1.09. The predicted octanol–water partition coefficient (Wildman–Crippen LogP) is 0.941. The number of anilines is 1. The van der Waals surface area contributed by atoms with Gasteiger partial charge in [0.2, 0.25) is 0 Å². The van der Waals surface area contributed by atoms with E-state index < -0.39 is 11.5 Å². The molecule has 1 aliphatic rings. The first-order valence-corrected chi connectivity index (χ1v) is 5.82. The lowest BCUT2D eigenvalue weighted by Crippen LogP contribution is -2.55. The molecule has 0 atom stereocenters. The lowest BCUT2D eigenvalue weighted by atomic mass is 9.88. The molecule has 0 amide bonds. The molecule has 0 aliphatic carbocycles. The summed E-state index contributed by atoms with van der Waals surface area (Å²) in [6, 6.07) is 9.35. The van der Waals surface area contributed by atoms with Crippen molar-refractivity contribution >= 4 is 11.7 Å². The first kappa shape index (κ1) is 12.4. The van der Waals surface area contributed by atoms with Crippen molar-refractivity contribution in [3.8, 4) is 6.07 Å². The van der Waals surface area contributed by atoms with Crippen LogP contribution in [-0.2, 0) is 4.79 Å². The van der Waals surface area contributed by atoms with Gasteiger partial charge >= 0.3 is 5.97 Å². The standard InChI is InChI=1S/C13H15N3O2/c14-9-10-1-3-11(4-2-10)16-7-5-13(15,6-8-16)12(17)18/h1-4H,5-8,15H2,(H,17,18). The number of nitriles is 1. The third-order valence-electron chi connectivity index (χ3n) is 3.44. The third kappa shape index (κ3) is 2.29. The third-order valence-corrected chi connectivity index (χ3v) is 3.44. The van der Waals surface area contributed by atoms with Crippen molar-refractivity contribution in [2.24, 2.45) is 5.73 Å². The Morgan fingerprint density at radius 1 is 1.33 bits per heavy atom. The van der Waals surface area contributed by atoms with Crippen LogP contribution in [0.5, 0.6) is 0 Å². The maximum Gasteiger partial charge on any atom is 0.323 e. The van der Waals surface area contributed by atoms with Crippen LogP contribution in [-0.4, -0.2) is 29.7 Å². The van der Waals surface area contributed by atoms with Crippen molar-refractivity contribution in [1.29, 1.82) is 5.26 Å². The van der Waals surface area contributed by atoms with Crippen LogP contribution >= 0.6 is 0 Å². The van der Waals surface area contributed by atoms with Crippen molar-refractivity contribution in [2.45, 2.75) is 18.4 Å². The molecule has 0 radical (unpaired) electrons. The van der Waals surface area contributed by atoms with E-state index in [0.29, 0.717) is 31.5 Å². The second-order valence-corrected chi connectivity index (χ2v) is 4.61. The summed E-state index contributed by atoms with van der Waals surface area (Å²) in [6.45, 7) is 1.24. The van der Waals surface area contributed by atoms with Crippen LogP contribution in [0.2, 0.25) is 0 Å². The number of carbonyl (C=O) groups is 1. The number of carboxylic acids is 1. The van der Waals surface area contributed by atoms with Gasteiger partial charge in [-0.25, -0.2) is 0 Å². The number of nitrogens with zero attached hydrogens (tertiary/aromatic N) is 2. The highest BCUT2D eigenvalue weighted by Gasteiger charge is 2.37. The lowest BCUT2D eigenvalue weighted by molar-refractivity contribution is -0.144. The summed E-state index contributed by atoms with van der Waals surface area (Å²) in [5.41, 5.74) is 6.35. The summed E-state index contributed by atoms with van der Waals surface area (Å²) in [7, 11) is 0. The fourth-order valence-electron chi connectivity index (χ4n) is 2.12. The van der Waals surface area contributed by atoms with Gasteiger partial charge in [-0.2, -0.15) is 5.26 Å². The van der Waals surface area contributed by atoms with Crippen LogP contribution in [0.15, 0.2) is 24.3 Å². The molecule has 18 heavy (non-hydrogen) atoms. The summed E-state index contributed by atoms with van der Waals surface area (Å²) in [5, 5.41) is 17.8. The van der Waals surface area contributed by atoms with Gasteiger partial charge in [-0.1, -0.05) is 0 Å². The van der Waals surface area contributed by atoms with Gasteiger partial charge in [0.25, 0.3) is 0 Å². The molecule has 5 heteroatoms. The largest absolute Gasteiger partial charge is 0.480 e. The molecule has 1 saturated heterocycles. The van der Waals surface area contributed by atoms with Crippen LogP contribution in [0, 0.1) is 11.3 Å². The summed E-state index contributed by atoms with van der Waals surface area (Å²) in [5.74, 6) is -0.929. The van der Waals surface area contributed by atoms with E-state index in [2.05, 4.69) is 11.0 Å². The summed E-state index contributed by atoms with van der Waals surface area (Å²) in [4.78, 5) is 13.1. The Morgan fingerprint density at radius 3 is 2.33 bits per heavy atom. The number of benzene rings is 1. The van der Waals surface area contributed by atoms with Crippen LogP contribution in [0.1, 0.15) is 18.4 Å².